The van der Waals surface area contributed by atoms with Gasteiger partial charge in [0.25, 0.3) is 0 Å². The second kappa shape index (κ2) is 2.04. The van der Waals surface area contributed by atoms with Crippen molar-refractivity contribution in [1.29, 1.82) is 0 Å². The minimum absolute atomic E-state index is 0.0359. The summed E-state index contributed by atoms with van der Waals surface area (Å²) in [6.45, 7) is 0.678. The van der Waals surface area contributed by atoms with Crippen LogP contribution in [0.25, 0.3) is 0 Å². The van der Waals surface area contributed by atoms with Crippen molar-refractivity contribution in [1.82, 2.24) is 5.48 Å². The smallest absolute Gasteiger partial charge is 0.127 e. The number of hydrogen-bond donors (Lipinski definition) is 1. The number of fused-ring (bicyclic) bond motifs is 1. The highest BCUT2D eigenvalue weighted by molar-refractivity contribution is 5.36. The molecule has 0 aromatic heterocycles. The molecule has 64 valence electrons. The third kappa shape index (κ3) is 0.743. The van der Waals surface area contributed by atoms with E-state index in [9.17, 15) is 0 Å². The molecule has 3 heteroatoms. The molecule has 2 aliphatic heterocycles. The van der Waals surface area contributed by atoms with Gasteiger partial charge in [-0.3, -0.25) is 10.3 Å². The van der Waals surface area contributed by atoms with Crippen molar-refractivity contribution in [2.24, 2.45) is 0 Å². The first kappa shape index (κ1) is 6.54. The Balaban J connectivity index is 1.94. The van der Waals surface area contributed by atoms with E-state index in [0.29, 0.717) is 6.61 Å². The Kier molecular flexibility index (Phi) is 1.11. The lowest BCUT2D eigenvalue weighted by molar-refractivity contribution is -0.00720. The van der Waals surface area contributed by atoms with Gasteiger partial charge in [0.15, 0.2) is 0 Å². The Morgan fingerprint density at radius 1 is 1.42 bits per heavy atom. The third-order valence-corrected chi connectivity index (χ3v) is 2.80. The van der Waals surface area contributed by atoms with Crippen molar-refractivity contribution in [3.05, 3.63) is 23.6 Å². The van der Waals surface area contributed by atoms with Crippen LogP contribution in [0.15, 0.2) is 23.6 Å². The molecule has 0 amide bonds. The van der Waals surface area contributed by atoms with E-state index < -0.39 is 0 Å². The first-order valence-corrected chi connectivity index (χ1v) is 4.36. The number of nitrogens with one attached hydrogen (secondary N) is 1. The van der Waals surface area contributed by atoms with Gasteiger partial charge in [0.05, 0.1) is 0 Å². The molecule has 0 atom stereocenters. The maximum atomic E-state index is 5.63. The predicted octanol–water partition coefficient (Wildman–Crippen LogP) is 1.24. The Morgan fingerprint density at radius 3 is 3.08 bits per heavy atom. The largest absolute Gasteiger partial charge is 0.489 e. The average Bonchev–Trinajstić information content (AvgIpc) is 2.46. The van der Waals surface area contributed by atoms with Crippen LogP contribution in [0, 0.1) is 0 Å². The van der Waals surface area contributed by atoms with Crippen molar-refractivity contribution in [3.8, 4) is 0 Å². The highest BCUT2D eigenvalue weighted by Gasteiger charge is 2.40. The Bertz CT molecular complexity index is 276. The first-order valence-electron chi connectivity index (χ1n) is 4.36. The van der Waals surface area contributed by atoms with E-state index in [4.69, 9.17) is 9.57 Å². The van der Waals surface area contributed by atoms with Crippen molar-refractivity contribution in [2.75, 3.05) is 6.61 Å². The molecule has 1 saturated heterocycles. The molecule has 0 unspecified atom stereocenters. The number of ether oxygens (including phenoxy) is 1. The summed E-state index contributed by atoms with van der Waals surface area (Å²) in [4.78, 5) is 5.09. The Labute approximate surface area is 71.0 Å². The van der Waals surface area contributed by atoms with Crippen LogP contribution in [0.2, 0.25) is 0 Å². The zero-order valence-corrected chi connectivity index (χ0v) is 6.80. The van der Waals surface area contributed by atoms with E-state index in [1.165, 1.54) is 12.0 Å². The summed E-state index contributed by atoms with van der Waals surface area (Å²) in [6.07, 6.45) is 7.59. The van der Waals surface area contributed by atoms with Crippen LogP contribution in [-0.2, 0) is 9.57 Å². The van der Waals surface area contributed by atoms with E-state index >= 15 is 0 Å². The van der Waals surface area contributed by atoms with Gasteiger partial charge >= 0.3 is 0 Å². The average molecular weight is 165 g/mol. The van der Waals surface area contributed by atoms with Crippen LogP contribution in [0.1, 0.15) is 19.3 Å². The van der Waals surface area contributed by atoms with Crippen molar-refractivity contribution in [3.63, 3.8) is 0 Å². The molecule has 0 radical (unpaired) electrons. The highest BCUT2D eigenvalue weighted by Crippen LogP contribution is 2.41. The van der Waals surface area contributed by atoms with Crippen LogP contribution in [0.3, 0.4) is 0 Å². The molecule has 0 bridgehead atoms. The van der Waals surface area contributed by atoms with Crippen LogP contribution in [0.5, 0.6) is 0 Å². The van der Waals surface area contributed by atoms with Crippen LogP contribution in [0.4, 0.5) is 0 Å². The van der Waals surface area contributed by atoms with E-state index in [-0.39, 0.29) is 5.60 Å². The number of rotatable bonds is 0. The summed E-state index contributed by atoms with van der Waals surface area (Å²) in [5.74, 6) is 0. The topological polar surface area (TPSA) is 30.5 Å². The molecule has 0 aromatic rings. The molecule has 3 rings (SSSR count). The minimum atomic E-state index is 0.0359. The molecule has 1 N–H and O–H groups in total. The van der Waals surface area contributed by atoms with Crippen molar-refractivity contribution in [2.45, 2.75) is 24.9 Å². The molecule has 0 aromatic carbocycles. The van der Waals surface area contributed by atoms with Gasteiger partial charge in [-0.05, 0) is 25.3 Å². The fraction of sp³-hybridized carbons (Fsp3) is 0.556. The van der Waals surface area contributed by atoms with Gasteiger partial charge in [-0.1, -0.05) is 0 Å². The molecule has 2 heterocycles. The van der Waals surface area contributed by atoms with Crippen molar-refractivity contribution >= 4 is 0 Å². The van der Waals surface area contributed by atoms with Gasteiger partial charge in [-0.15, -0.1) is 0 Å². The van der Waals surface area contributed by atoms with Crippen molar-refractivity contribution < 1.29 is 9.57 Å². The van der Waals surface area contributed by atoms with Crippen LogP contribution >= 0.6 is 0 Å². The molecule has 12 heavy (non-hydrogen) atoms. The fourth-order valence-corrected chi connectivity index (χ4v) is 1.87. The summed E-state index contributed by atoms with van der Waals surface area (Å²) in [5.41, 5.74) is 5.09. The van der Waals surface area contributed by atoms with Crippen LogP contribution in [-0.4, -0.2) is 12.2 Å². The van der Waals surface area contributed by atoms with E-state index in [1.807, 2.05) is 0 Å². The summed E-state index contributed by atoms with van der Waals surface area (Å²) in [7, 11) is 0. The lowest BCUT2D eigenvalue weighted by Crippen LogP contribution is -2.38. The van der Waals surface area contributed by atoms with Gasteiger partial charge < -0.3 is 4.74 Å². The highest BCUT2D eigenvalue weighted by atomic mass is 16.7. The summed E-state index contributed by atoms with van der Waals surface area (Å²) in [5, 5.41) is 0. The van der Waals surface area contributed by atoms with Gasteiger partial charge in [0, 0.05) is 5.57 Å². The van der Waals surface area contributed by atoms with Gasteiger partial charge in [0.1, 0.15) is 24.2 Å². The normalized spacial score (nSPS) is 29.3. The Hall–Kier alpha value is -0.960. The lowest BCUT2D eigenvalue weighted by atomic mass is 9.78. The molecular formula is C9H11NO2. The van der Waals surface area contributed by atoms with Gasteiger partial charge in [-0.2, -0.15) is 0 Å². The Morgan fingerprint density at radius 2 is 2.33 bits per heavy atom. The SMILES string of the molecule is C1=C2CONC2=COC12CCC2. The van der Waals surface area contributed by atoms with E-state index in [2.05, 4.69) is 11.6 Å². The second-order valence-corrected chi connectivity index (χ2v) is 3.63. The standard InChI is InChI=1S/C9H11NO2/c1-2-9(3-1)4-7-5-12-10-8(7)6-11-9/h4,6,10H,1-3,5H2. The second-order valence-electron chi connectivity index (χ2n) is 3.63. The molecular weight excluding hydrogens is 154 g/mol. The minimum Gasteiger partial charge on any atom is -0.489 e. The molecule has 3 aliphatic rings. The zero-order valence-electron chi connectivity index (χ0n) is 6.80. The van der Waals surface area contributed by atoms with E-state index in [0.717, 1.165) is 18.5 Å². The maximum Gasteiger partial charge on any atom is 0.127 e. The van der Waals surface area contributed by atoms with E-state index in [1.54, 1.807) is 6.26 Å². The monoisotopic (exact) mass is 165 g/mol. The lowest BCUT2D eigenvalue weighted by Gasteiger charge is -2.40. The number of hydrogen-bond acceptors (Lipinski definition) is 3. The maximum absolute atomic E-state index is 5.63. The molecule has 2 fully saturated rings. The first-order chi connectivity index (χ1) is 5.88. The summed E-state index contributed by atoms with van der Waals surface area (Å²) in [6, 6.07) is 0. The summed E-state index contributed by atoms with van der Waals surface area (Å²) >= 11 is 0. The molecule has 1 saturated carbocycles. The third-order valence-electron chi connectivity index (χ3n) is 2.80. The zero-order chi connectivity index (χ0) is 8.02. The number of hydroxylamine groups is 1. The van der Waals surface area contributed by atoms with Crippen LogP contribution < -0.4 is 5.48 Å². The summed E-state index contributed by atoms with van der Waals surface area (Å²) < 4.78 is 5.63. The molecule has 3 nitrogen and oxygen atoms in total. The fourth-order valence-electron chi connectivity index (χ4n) is 1.87. The molecule has 1 aliphatic carbocycles. The quantitative estimate of drug-likeness (QED) is 0.585. The predicted molar refractivity (Wildman–Crippen MR) is 42.9 cm³/mol. The van der Waals surface area contributed by atoms with Gasteiger partial charge in [0.2, 0.25) is 0 Å². The molecule has 1 spiro atoms. The van der Waals surface area contributed by atoms with Gasteiger partial charge in [-0.25, -0.2) is 0 Å².